The molecule has 2 rings (SSSR count). The van der Waals surface area contributed by atoms with Crippen molar-refractivity contribution in [3.8, 4) is 11.5 Å². The van der Waals surface area contributed by atoms with Crippen molar-refractivity contribution in [3.05, 3.63) is 18.2 Å². The van der Waals surface area contributed by atoms with Crippen molar-refractivity contribution in [3.63, 3.8) is 0 Å². The van der Waals surface area contributed by atoms with Crippen LogP contribution in [0.5, 0.6) is 11.5 Å². The minimum atomic E-state index is -0.00914. The highest BCUT2D eigenvalue weighted by atomic mass is 16.6. The fourth-order valence-corrected chi connectivity index (χ4v) is 2.03. The molecule has 0 aliphatic carbocycles. The number of hydrogen-bond donors (Lipinski definition) is 2. The smallest absolute Gasteiger partial charge is 0.225 e. The third-order valence-corrected chi connectivity index (χ3v) is 2.87. The summed E-state index contributed by atoms with van der Waals surface area (Å²) in [5.41, 5.74) is 0.734. The number of carbonyl (C=O) groups is 1. The summed E-state index contributed by atoms with van der Waals surface area (Å²) in [5.74, 6) is 1.40. The maximum Gasteiger partial charge on any atom is 0.225 e. The number of ether oxygens (including phenoxy) is 2. The van der Waals surface area contributed by atoms with E-state index in [4.69, 9.17) is 9.47 Å². The van der Waals surface area contributed by atoms with Gasteiger partial charge in [0, 0.05) is 24.2 Å². The van der Waals surface area contributed by atoms with Gasteiger partial charge in [-0.25, -0.2) is 0 Å². The largest absolute Gasteiger partial charge is 0.486 e. The predicted molar refractivity (Wildman–Crippen MR) is 73.8 cm³/mol. The number of fused-ring (bicyclic) bond motifs is 1. The van der Waals surface area contributed by atoms with Crippen LogP contribution in [0.25, 0.3) is 0 Å². The molecule has 1 aliphatic heterocycles. The highest BCUT2D eigenvalue weighted by Gasteiger charge is 2.13. The number of anilines is 1. The van der Waals surface area contributed by atoms with Gasteiger partial charge in [0.1, 0.15) is 13.2 Å². The van der Waals surface area contributed by atoms with Gasteiger partial charge in [-0.05, 0) is 25.6 Å². The molecule has 104 valence electrons. The van der Waals surface area contributed by atoms with Crippen LogP contribution in [0.1, 0.15) is 20.3 Å². The van der Waals surface area contributed by atoms with Crippen LogP contribution in [0, 0.1) is 0 Å². The number of rotatable bonds is 5. The summed E-state index contributed by atoms with van der Waals surface area (Å²) in [7, 11) is 0. The lowest BCUT2D eigenvalue weighted by atomic mass is 10.2. The first kappa shape index (κ1) is 13.7. The van der Waals surface area contributed by atoms with Crippen LogP contribution >= 0.6 is 0 Å². The zero-order chi connectivity index (χ0) is 13.7. The van der Waals surface area contributed by atoms with Gasteiger partial charge in [0.05, 0.1) is 0 Å². The molecule has 1 heterocycles. The third kappa shape index (κ3) is 3.86. The molecule has 0 bridgehead atoms. The monoisotopic (exact) mass is 264 g/mol. The molecule has 1 aromatic rings. The lowest BCUT2D eigenvalue weighted by Gasteiger charge is -2.19. The standard InChI is InChI=1S/C14H20N2O3/c1-3-15-10(2)8-14(17)16-11-4-5-12-13(9-11)19-7-6-18-12/h4-5,9-10,15H,3,6-8H2,1-2H3,(H,16,17). The van der Waals surface area contributed by atoms with Crippen LogP contribution in [-0.2, 0) is 4.79 Å². The highest BCUT2D eigenvalue weighted by Crippen LogP contribution is 2.32. The Morgan fingerprint density at radius 3 is 2.79 bits per heavy atom. The average molecular weight is 264 g/mol. The lowest BCUT2D eigenvalue weighted by Crippen LogP contribution is -2.30. The first-order valence-corrected chi connectivity index (χ1v) is 6.62. The Balaban J connectivity index is 1.93. The van der Waals surface area contributed by atoms with E-state index in [1.54, 1.807) is 6.07 Å². The molecule has 19 heavy (non-hydrogen) atoms. The Morgan fingerprint density at radius 2 is 2.05 bits per heavy atom. The molecule has 1 unspecified atom stereocenters. The molecule has 0 fully saturated rings. The van der Waals surface area contributed by atoms with E-state index >= 15 is 0 Å². The van der Waals surface area contributed by atoms with Gasteiger partial charge in [-0.2, -0.15) is 0 Å². The minimum absolute atomic E-state index is 0.00914. The van der Waals surface area contributed by atoms with Crippen molar-refractivity contribution >= 4 is 11.6 Å². The topological polar surface area (TPSA) is 59.6 Å². The highest BCUT2D eigenvalue weighted by molar-refractivity contribution is 5.91. The van der Waals surface area contributed by atoms with Gasteiger partial charge in [-0.15, -0.1) is 0 Å². The third-order valence-electron chi connectivity index (χ3n) is 2.87. The maximum absolute atomic E-state index is 11.8. The summed E-state index contributed by atoms with van der Waals surface area (Å²) in [6.45, 7) is 5.99. The Morgan fingerprint density at radius 1 is 1.32 bits per heavy atom. The number of nitrogens with one attached hydrogen (secondary N) is 2. The van der Waals surface area contributed by atoms with Crippen LogP contribution in [0.15, 0.2) is 18.2 Å². The molecule has 0 radical (unpaired) electrons. The van der Waals surface area contributed by atoms with Crippen molar-refractivity contribution in [2.24, 2.45) is 0 Å². The van der Waals surface area contributed by atoms with Gasteiger partial charge in [-0.3, -0.25) is 4.79 Å². The van der Waals surface area contributed by atoms with Gasteiger partial charge in [0.25, 0.3) is 0 Å². The first-order chi connectivity index (χ1) is 9.19. The van der Waals surface area contributed by atoms with E-state index in [-0.39, 0.29) is 11.9 Å². The normalized spacial score (nSPS) is 14.8. The summed E-state index contributed by atoms with van der Waals surface area (Å²) >= 11 is 0. The quantitative estimate of drug-likeness (QED) is 0.851. The number of hydrogen-bond acceptors (Lipinski definition) is 4. The van der Waals surface area contributed by atoms with E-state index in [0.717, 1.165) is 18.0 Å². The van der Waals surface area contributed by atoms with E-state index in [0.29, 0.717) is 25.4 Å². The molecule has 0 saturated carbocycles. The van der Waals surface area contributed by atoms with E-state index in [1.165, 1.54) is 0 Å². The molecule has 0 aromatic heterocycles. The summed E-state index contributed by atoms with van der Waals surface area (Å²) < 4.78 is 10.9. The van der Waals surface area contributed by atoms with Crippen LogP contribution < -0.4 is 20.1 Å². The molecule has 1 amide bonds. The molecule has 1 aliphatic rings. The summed E-state index contributed by atoms with van der Waals surface area (Å²) in [5, 5.41) is 6.07. The van der Waals surface area contributed by atoms with Crippen molar-refractivity contribution < 1.29 is 14.3 Å². The SMILES string of the molecule is CCNC(C)CC(=O)Nc1ccc2c(c1)OCCO2. The molecule has 1 atom stereocenters. The van der Waals surface area contributed by atoms with Crippen LogP contribution in [0.2, 0.25) is 0 Å². The summed E-state index contributed by atoms with van der Waals surface area (Å²) in [4.78, 5) is 11.8. The van der Waals surface area contributed by atoms with Gasteiger partial charge >= 0.3 is 0 Å². The summed E-state index contributed by atoms with van der Waals surface area (Å²) in [6, 6.07) is 5.60. The number of amides is 1. The predicted octanol–water partition coefficient (Wildman–Crippen LogP) is 1.78. The fourth-order valence-electron chi connectivity index (χ4n) is 2.03. The molecule has 2 N–H and O–H groups in total. The van der Waals surface area contributed by atoms with E-state index in [9.17, 15) is 4.79 Å². The van der Waals surface area contributed by atoms with E-state index in [2.05, 4.69) is 10.6 Å². The molecule has 5 heteroatoms. The van der Waals surface area contributed by atoms with Crippen molar-refractivity contribution in [1.29, 1.82) is 0 Å². The molecule has 1 aromatic carbocycles. The Hall–Kier alpha value is -1.75. The first-order valence-electron chi connectivity index (χ1n) is 6.62. The molecular weight excluding hydrogens is 244 g/mol. The van der Waals surface area contributed by atoms with Gasteiger partial charge in [0.15, 0.2) is 11.5 Å². The second-order valence-electron chi connectivity index (χ2n) is 4.57. The average Bonchev–Trinajstić information content (AvgIpc) is 2.38. The molecule has 0 saturated heterocycles. The Labute approximate surface area is 113 Å². The van der Waals surface area contributed by atoms with Crippen LogP contribution in [0.4, 0.5) is 5.69 Å². The van der Waals surface area contributed by atoms with Crippen LogP contribution in [-0.4, -0.2) is 31.7 Å². The molecular formula is C14H20N2O3. The second-order valence-corrected chi connectivity index (χ2v) is 4.57. The number of benzene rings is 1. The number of carbonyl (C=O) groups excluding carboxylic acids is 1. The van der Waals surface area contributed by atoms with E-state index in [1.807, 2.05) is 26.0 Å². The lowest BCUT2D eigenvalue weighted by molar-refractivity contribution is -0.116. The Bertz CT molecular complexity index is 448. The fraction of sp³-hybridized carbons (Fsp3) is 0.500. The van der Waals surface area contributed by atoms with Gasteiger partial charge in [0.2, 0.25) is 5.91 Å². The Kier molecular flexibility index (Phi) is 4.63. The van der Waals surface area contributed by atoms with Gasteiger partial charge in [-0.1, -0.05) is 6.92 Å². The van der Waals surface area contributed by atoms with Crippen LogP contribution in [0.3, 0.4) is 0 Å². The van der Waals surface area contributed by atoms with E-state index < -0.39 is 0 Å². The summed E-state index contributed by atoms with van der Waals surface area (Å²) in [6.07, 6.45) is 0.447. The molecule has 5 nitrogen and oxygen atoms in total. The zero-order valence-electron chi connectivity index (χ0n) is 11.4. The maximum atomic E-state index is 11.8. The van der Waals surface area contributed by atoms with Crippen molar-refractivity contribution in [1.82, 2.24) is 5.32 Å². The molecule has 0 spiro atoms. The second kappa shape index (κ2) is 6.43. The zero-order valence-corrected chi connectivity index (χ0v) is 11.4. The minimum Gasteiger partial charge on any atom is -0.486 e. The van der Waals surface area contributed by atoms with Gasteiger partial charge < -0.3 is 20.1 Å². The van der Waals surface area contributed by atoms with Crippen molar-refractivity contribution in [2.45, 2.75) is 26.3 Å². The van der Waals surface area contributed by atoms with Crippen molar-refractivity contribution in [2.75, 3.05) is 25.1 Å².